The van der Waals surface area contributed by atoms with Crippen LogP contribution in [0.4, 0.5) is 0 Å². The van der Waals surface area contributed by atoms with E-state index in [0.29, 0.717) is 0 Å². The molecule has 4 nitrogen and oxygen atoms in total. The second-order valence-corrected chi connectivity index (χ2v) is 13.4. The van der Waals surface area contributed by atoms with Crippen LogP contribution in [0.25, 0.3) is 0 Å². The summed E-state index contributed by atoms with van der Waals surface area (Å²) in [5.41, 5.74) is 0. The van der Waals surface area contributed by atoms with E-state index in [1.54, 1.807) is 0 Å². The Morgan fingerprint density at radius 2 is 0.550 bits per heavy atom. The first-order valence-corrected chi connectivity index (χ1v) is 19.2. The zero-order valence-electron chi connectivity index (χ0n) is 27.7. The maximum atomic E-state index is 11.9. The predicted octanol–water partition coefficient (Wildman–Crippen LogP) is 9.23. The number of hydrogen-bond donors (Lipinski definition) is 0. The van der Waals surface area contributed by atoms with Crippen molar-refractivity contribution in [1.29, 1.82) is 0 Å². The standard InChI is InChI=1S/C34H71O4P.K/c1-3-5-7-9-11-13-15-17-19-20-22-24-26-28-30-32-34-38-39(35,36)37-33-31-29-27-25-23-21-18-16-14-12-10-8-6-4-2;/h3-34H2,1-2H3,(H,35,36);/q;+1/p-1. The fourth-order valence-electron chi connectivity index (χ4n) is 5.34. The SMILES string of the molecule is CCCCCCCCCCCCCCCCCCOP(=O)([O-])OCCCCCCCCCCCCCCCC.[K+]. The average molecular weight is 613 g/mol. The average Bonchev–Trinajstić information content (AvgIpc) is 2.92. The van der Waals surface area contributed by atoms with Crippen LogP contribution >= 0.6 is 7.82 Å². The molecule has 0 spiro atoms. The van der Waals surface area contributed by atoms with Crippen molar-refractivity contribution in [1.82, 2.24) is 0 Å². The van der Waals surface area contributed by atoms with Gasteiger partial charge in [0.05, 0.1) is 13.2 Å². The van der Waals surface area contributed by atoms with E-state index < -0.39 is 7.82 Å². The van der Waals surface area contributed by atoms with Crippen LogP contribution < -0.4 is 56.3 Å². The molecular weight excluding hydrogens is 542 g/mol. The van der Waals surface area contributed by atoms with Crippen LogP contribution in [0.2, 0.25) is 0 Å². The molecular formula is C34H70KO4P. The molecule has 0 radical (unpaired) electrons. The molecule has 236 valence electrons. The molecule has 0 aromatic carbocycles. The van der Waals surface area contributed by atoms with Crippen LogP contribution in [0.15, 0.2) is 0 Å². The molecule has 0 aromatic heterocycles. The molecule has 0 bridgehead atoms. The van der Waals surface area contributed by atoms with Gasteiger partial charge in [-0.15, -0.1) is 0 Å². The molecule has 0 aromatic rings. The minimum atomic E-state index is -4.12. The van der Waals surface area contributed by atoms with Gasteiger partial charge in [0.1, 0.15) is 0 Å². The summed E-state index contributed by atoms with van der Waals surface area (Å²) >= 11 is 0. The molecule has 0 fully saturated rings. The van der Waals surface area contributed by atoms with Crippen molar-refractivity contribution in [2.45, 2.75) is 206 Å². The first-order chi connectivity index (χ1) is 19.1. The van der Waals surface area contributed by atoms with E-state index >= 15 is 0 Å². The normalized spacial score (nSPS) is 12.9. The predicted molar refractivity (Wildman–Crippen MR) is 169 cm³/mol. The Hall–Kier alpha value is 1.75. The van der Waals surface area contributed by atoms with Crippen LogP contribution in [0.1, 0.15) is 206 Å². The van der Waals surface area contributed by atoms with Gasteiger partial charge in [-0.1, -0.05) is 194 Å². The van der Waals surface area contributed by atoms with Gasteiger partial charge < -0.3 is 13.9 Å². The van der Waals surface area contributed by atoms with Gasteiger partial charge in [0.25, 0.3) is 7.82 Å². The molecule has 0 saturated carbocycles. The fourth-order valence-corrected chi connectivity index (χ4v) is 6.12. The monoisotopic (exact) mass is 612 g/mol. The minimum Gasteiger partial charge on any atom is -0.756 e. The molecule has 0 amide bonds. The quantitative estimate of drug-likeness (QED) is 0.0413. The third-order valence-corrected chi connectivity index (χ3v) is 8.99. The third-order valence-electron chi connectivity index (χ3n) is 7.99. The summed E-state index contributed by atoms with van der Waals surface area (Å²) in [6.07, 6.45) is 38.9. The van der Waals surface area contributed by atoms with Gasteiger partial charge >= 0.3 is 51.4 Å². The summed E-state index contributed by atoms with van der Waals surface area (Å²) in [5.74, 6) is 0. The molecule has 1 atom stereocenters. The first kappa shape index (κ1) is 43.9. The third kappa shape index (κ3) is 37.8. The van der Waals surface area contributed by atoms with Gasteiger partial charge in [0, 0.05) is 0 Å². The Balaban J connectivity index is 0. The minimum absolute atomic E-state index is 0. The maximum Gasteiger partial charge on any atom is 1.00 e. The Morgan fingerprint density at radius 1 is 0.375 bits per heavy atom. The summed E-state index contributed by atoms with van der Waals surface area (Å²) in [6, 6.07) is 0. The summed E-state index contributed by atoms with van der Waals surface area (Å²) < 4.78 is 22.0. The molecule has 40 heavy (non-hydrogen) atoms. The second kappa shape index (κ2) is 36.9. The number of phosphoric ester groups is 1. The van der Waals surface area contributed by atoms with Gasteiger partial charge in [0.15, 0.2) is 0 Å². The molecule has 0 aliphatic rings. The van der Waals surface area contributed by atoms with Gasteiger partial charge in [-0.25, -0.2) is 0 Å². The van der Waals surface area contributed by atoms with Crippen molar-refractivity contribution in [2.75, 3.05) is 13.2 Å². The summed E-state index contributed by atoms with van der Waals surface area (Å²) in [4.78, 5) is 11.9. The van der Waals surface area contributed by atoms with Gasteiger partial charge in [0.2, 0.25) is 0 Å². The van der Waals surface area contributed by atoms with E-state index in [1.807, 2.05) is 0 Å². The summed E-state index contributed by atoms with van der Waals surface area (Å²) in [6.45, 7) is 5.07. The van der Waals surface area contributed by atoms with E-state index in [9.17, 15) is 9.46 Å². The van der Waals surface area contributed by atoms with E-state index in [4.69, 9.17) is 9.05 Å². The van der Waals surface area contributed by atoms with E-state index in [-0.39, 0.29) is 64.6 Å². The van der Waals surface area contributed by atoms with Crippen LogP contribution in [0.3, 0.4) is 0 Å². The van der Waals surface area contributed by atoms with Crippen molar-refractivity contribution in [3.8, 4) is 0 Å². The number of phosphoric acid groups is 1. The van der Waals surface area contributed by atoms with E-state index in [0.717, 1.165) is 25.7 Å². The van der Waals surface area contributed by atoms with Crippen molar-refractivity contribution < 1.29 is 69.9 Å². The number of rotatable bonds is 34. The van der Waals surface area contributed by atoms with Crippen LogP contribution in [0.5, 0.6) is 0 Å². The number of hydrogen-bond acceptors (Lipinski definition) is 4. The van der Waals surface area contributed by atoms with Crippen molar-refractivity contribution >= 4 is 7.82 Å². The van der Waals surface area contributed by atoms with Crippen LogP contribution in [0, 0.1) is 0 Å². The summed E-state index contributed by atoms with van der Waals surface area (Å²) in [5, 5.41) is 0. The maximum absolute atomic E-state index is 11.9. The Morgan fingerprint density at radius 3 is 0.750 bits per heavy atom. The van der Waals surface area contributed by atoms with Crippen molar-refractivity contribution in [2.24, 2.45) is 0 Å². The molecule has 0 aliphatic carbocycles. The first-order valence-electron chi connectivity index (χ1n) is 17.7. The molecule has 6 heteroatoms. The smallest absolute Gasteiger partial charge is 0.756 e. The Labute approximate surface area is 294 Å². The van der Waals surface area contributed by atoms with Gasteiger partial charge in [-0.3, -0.25) is 4.57 Å². The van der Waals surface area contributed by atoms with Gasteiger partial charge in [-0.05, 0) is 12.8 Å². The van der Waals surface area contributed by atoms with Crippen molar-refractivity contribution in [3.05, 3.63) is 0 Å². The molecule has 0 heterocycles. The van der Waals surface area contributed by atoms with Gasteiger partial charge in [-0.2, -0.15) is 0 Å². The Bertz CT molecular complexity index is 506. The molecule has 0 aliphatic heterocycles. The van der Waals surface area contributed by atoms with E-state index in [1.165, 1.54) is 167 Å². The molecule has 1 unspecified atom stereocenters. The topological polar surface area (TPSA) is 58.6 Å². The van der Waals surface area contributed by atoms with E-state index in [2.05, 4.69) is 13.8 Å². The largest absolute Gasteiger partial charge is 1.00 e. The number of unbranched alkanes of at least 4 members (excludes halogenated alkanes) is 28. The molecule has 0 N–H and O–H groups in total. The van der Waals surface area contributed by atoms with Crippen molar-refractivity contribution in [3.63, 3.8) is 0 Å². The van der Waals surface area contributed by atoms with Crippen LogP contribution in [-0.4, -0.2) is 13.2 Å². The summed E-state index contributed by atoms with van der Waals surface area (Å²) in [7, 11) is -4.12. The zero-order valence-corrected chi connectivity index (χ0v) is 31.7. The fraction of sp³-hybridized carbons (Fsp3) is 1.00. The molecule has 0 saturated heterocycles. The Kier molecular flexibility index (Phi) is 40.5. The van der Waals surface area contributed by atoms with Crippen LogP contribution in [-0.2, 0) is 13.6 Å². The second-order valence-electron chi connectivity index (χ2n) is 12.0. The zero-order chi connectivity index (χ0) is 28.5. The molecule has 0 rings (SSSR count).